The lowest BCUT2D eigenvalue weighted by Crippen LogP contribution is -2.46. The first-order valence-electron chi connectivity index (χ1n) is 5.94. The van der Waals surface area contributed by atoms with Crippen LogP contribution < -0.4 is 16.0 Å². The molecule has 1 heterocycles. The highest BCUT2D eigenvalue weighted by Gasteiger charge is 2.18. The molecule has 0 atom stereocenters. The highest BCUT2D eigenvalue weighted by molar-refractivity contribution is 5.77. The van der Waals surface area contributed by atoms with E-state index in [0.29, 0.717) is 5.58 Å². The van der Waals surface area contributed by atoms with Gasteiger partial charge in [0.2, 0.25) is 0 Å². The van der Waals surface area contributed by atoms with Gasteiger partial charge in [-0.1, -0.05) is 0 Å². The largest absolute Gasteiger partial charge is 0.417 e. The lowest BCUT2D eigenvalue weighted by molar-refractivity contribution is 0.428. The third kappa shape index (κ3) is 2.56. The molecule has 0 bridgehead atoms. The van der Waals surface area contributed by atoms with Crippen molar-refractivity contribution < 1.29 is 4.42 Å². The molecule has 0 fully saturated rings. The summed E-state index contributed by atoms with van der Waals surface area (Å²) in [4.78, 5) is 15.9. The van der Waals surface area contributed by atoms with Crippen molar-refractivity contribution in [3.8, 4) is 0 Å². The number of hydrogen-bond donors (Lipinski definition) is 2. The van der Waals surface area contributed by atoms with Crippen LogP contribution in [0.2, 0.25) is 0 Å². The first-order valence-corrected chi connectivity index (χ1v) is 5.94. The van der Waals surface area contributed by atoms with Gasteiger partial charge in [0, 0.05) is 30.9 Å². The summed E-state index contributed by atoms with van der Waals surface area (Å²) in [6, 6.07) is 5.71. The van der Waals surface area contributed by atoms with Gasteiger partial charge in [0.1, 0.15) is 0 Å². The average molecular weight is 249 g/mol. The SMILES string of the molecule is CNC(C)(C)CN(C)c1ccc2[nH]c(=O)oc2c1. The zero-order valence-corrected chi connectivity index (χ0v) is 11.2. The second kappa shape index (κ2) is 4.49. The topological polar surface area (TPSA) is 61.3 Å². The van der Waals surface area contributed by atoms with E-state index in [1.165, 1.54) is 0 Å². The quantitative estimate of drug-likeness (QED) is 0.863. The maximum atomic E-state index is 11.1. The van der Waals surface area contributed by atoms with E-state index in [4.69, 9.17) is 4.42 Å². The first-order chi connectivity index (χ1) is 8.41. The maximum absolute atomic E-state index is 11.1. The summed E-state index contributed by atoms with van der Waals surface area (Å²) in [5.41, 5.74) is 2.35. The molecule has 0 amide bonds. The van der Waals surface area contributed by atoms with E-state index in [1.807, 2.05) is 32.3 Å². The Labute approximate surface area is 106 Å². The van der Waals surface area contributed by atoms with Crippen LogP contribution >= 0.6 is 0 Å². The Kier molecular flexibility index (Phi) is 3.17. The number of oxazole rings is 1. The van der Waals surface area contributed by atoms with Gasteiger partial charge < -0.3 is 14.6 Å². The highest BCUT2D eigenvalue weighted by Crippen LogP contribution is 2.20. The number of aromatic amines is 1. The van der Waals surface area contributed by atoms with Gasteiger partial charge in [-0.2, -0.15) is 0 Å². The normalized spacial score (nSPS) is 12.0. The Balaban J connectivity index is 2.27. The monoisotopic (exact) mass is 249 g/mol. The Bertz CT molecular complexity index is 598. The van der Waals surface area contributed by atoms with Crippen LogP contribution in [0.1, 0.15) is 13.8 Å². The van der Waals surface area contributed by atoms with E-state index < -0.39 is 5.76 Å². The average Bonchev–Trinajstić information content (AvgIpc) is 2.67. The minimum absolute atomic E-state index is 0.0166. The molecule has 18 heavy (non-hydrogen) atoms. The third-order valence-corrected chi connectivity index (χ3v) is 3.15. The number of anilines is 1. The second-order valence-corrected chi connectivity index (χ2v) is 5.18. The number of hydrogen-bond acceptors (Lipinski definition) is 4. The molecule has 2 N–H and O–H groups in total. The molecule has 0 aliphatic carbocycles. The second-order valence-electron chi connectivity index (χ2n) is 5.18. The number of rotatable bonds is 4. The van der Waals surface area contributed by atoms with Crippen molar-refractivity contribution in [3.63, 3.8) is 0 Å². The van der Waals surface area contributed by atoms with Crippen LogP contribution in [0.5, 0.6) is 0 Å². The minimum Gasteiger partial charge on any atom is -0.408 e. The molecule has 1 aromatic heterocycles. The van der Waals surface area contributed by atoms with Gasteiger partial charge in [-0.25, -0.2) is 4.79 Å². The Morgan fingerprint density at radius 3 is 2.83 bits per heavy atom. The van der Waals surface area contributed by atoms with Crippen molar-refractivity contribution in [2.24, 2.45) is 0 Å². The van der Waals surface area contributed by atoms with Crippen LogP contribution in [-0.4, -0.2) is 31.2 Å². The summed E-state index contributed by atoms with van der Waals surface area (Å²) in [6.45, 7) is 5.13. The number of benzene rings is 1. The van der Waals surface area contributed by atoms with Crippen molar-refractivity contribution in [2.75, 3.05) is 25.5 Å². The fourth-order valence-electron chi connectivity index (χ4n) is 1.93. The van der Waals surface area contributed by atoms with Gasteiger partial charge in [0.05, 0.1) is 5.52 Å². The molecule has 0 radical (unpaired) electrons. The molecule has 2 rings (SSSR count). The fourth-order valence-corrected chi connectivity index (χ4v) is 1.93. The van der Waals surface area contributed by atoms with Gasteiger partial charge >= 0.3 is 5.76 Å². The van der Waals surface area contributed by atoms with E-state index in [9.17, 15) is 4.79 Å². The van der Waals surface area contributed by atoms with Gasteiger partial charge in [-0.15, -0.1) is 0 Å². The summed E-state index contributed by atoms with van der Waals surface area (Å²) >= 11 is 0. The Hall–Kier alpha value is -1.75. The van der Waals surface area contributed by atoms with Crippen molar-refractivity contribution in [1.29, 1.82) is 0 Å². The minimum atomic E-state index is -0.416. The zero-order chi connectivity index (χ0) is 13.3. The van der Waals surface area contributed by atoms with Crippen molar-refractivity contribution >= 4 is 16.8 Å². The van der Waals surface area contributed by atoms with Crippen molar-refractivity contribution in [2.45, 2.75) is 19.4 Å². The van der Waals surface area contributed by atoms with Crippen LogP contribution in [0.4, 0.5) is 5.69 Å². The number of H-pyrrole nitrogens is 1. The summed E-state index contributed by atoms with van der Waals surface area (Å²) in [5.74, 6) is -0.416. The van der Waals surface area contributed by atoms with E-state index in [2.05, 4.69) is 29.0 Å². The standard InChI is InChI=1S/C13H19N3O2/c1-13(2,14-3)8-16(4)9-5-6-10-11(7-9)18-12(17)15-10/h5-7,14H,8H2,1-4H3,(H,15,17). The van der Waals surface area contributed by atoms with Crippen molar-refractivity contribution in [3.05, 3.63) is 28.7 Å². The van der Waals surface area contributed by atoms with Crippen LogP contribution in [0, 0.1) is 0 Å². The maximum Gasteiger partial charge on any atom is 0.417 e. The molecular weight excluding hydrogens is 230 g/mol. The summed E-state index contributed by atoms with van der Waals surface area (Å²) in [5, 5.41) is 3.26. The van der Waals surface area contributed by atoms with Crippen LogP contribution in [0.15, 0.2) is 27.4 Å². The van der Waals surface area contributed by atoms with Crippen LogP contribution in [0.25, 0.3) is 11.1 Å². The molecule has 0 saturated heterocycles. The van der Waals surface area contributed by atoms with Crippen LogP contribution in [-0.2, 0) is 0 Å². The van der Waals surface area contributed by atoms with Crippen LogP contribution in [0.3, 0.4) is 0 Å². The predicted molar refractivity (Wildman–Crippen MR) is 73.2 cm³/mol. The number of aromatic nitrogens is 1. The summed E-state index contributed by atoms with van der Waals surface area (Å²) in [6.07, 6.45) is 0. The van der Waals surface area contributed by atoms with E-state index in [1.54, 1.807) is 0 Å². The Morgan fingerprint density at radius 2 is 2.17 bits per heavy atom. The molecule has 5 heteroatoms. The third-order valence-electron chi connectivity index (χ3n) is 3.15. The molecule has 0 unspecified atom stereocenters. The molecule has 1 aromatic carbocycles. The smallest absolute Gasteiger partial charge is 0.408 e. The first kappa shape index (κ1) is 12.7. The number of nitrogens with zero attached hydrogens (tertiary/aromatic N) is 1. The number of nitrogens with one attached hydrogen (secondary N) is 2. The molecule has 0 saturated carbocycles. The van der Waals surface area contributed by atoms with E-state index in [0.717, 1.165) is 17.7 Å². The summed E-state index contributed by atoms with van der Waals surface area (Å²) in [7, 11) is 3.97. The molecular formula is C13H19N3O2. The van der Waals surface area contributed by atoms with E-state index >= 15 is 0 Å². The summed E-state index contributed by atoms with van der Waals surface area (Å²) < 4.78 is 5.06. The fraction of sp³-hybridized carbons (Fsp3) is 0.462. The predicted octanol–water partition coefficient (Wildman–Crippen LogP) is 1.56. The number of fused-ring (bicyclic) bond motifs is 1. The molecule has 0 aliphatic rings. The molecule has 0 spiro atoms. The molecule has 5 nitrogen and oxygen atoms in total. The molecule has 0 aliphatic heterocycles. The van der Waals surface area contributed by atoms with Gasteiger partial charge in [-0.3, -0.25) is 4.98 Å². The zero-order valence-electron chi connectivity index (χ0n) is 11.2. The lowest BCUT2D eigenvalue weighted by Gasteiger charge is -2.31. The highest BCUT2D eigenvalue weighted by atomic mass is 16.4. The molecule has 2 aromatic rings. The van der Waals surface area contributed by atoms with Gasteiger partial charge in [0.15, 0.2) is 5.58 Å². The number of likely N-dealkylation sites (N-methyl/N-ethyl adjacent to an activating group) is 2. The lowest BCUT2D eigenvalue weighted by atomic mass is 10.1. The van der Waals surface area contributed by atoms with Gasteiger partial charge in [0.25, 0.3) is 0 Å². The van der Waals surface area contributed by atoms with E-state index in [-0.39, 0.29) is 5.54 Å². The van der Waals surface area contributed by atoms with Crippen molar-refractivity contribution in [1.82, 2.24) is 10.3 Å². The Morgan fingerprint density at radius 1 is 1.44 bits per heavy atom. The molecule has 98 valence electrons. The van der Waals surface area contributed by atoms with Gasteiger partial charge in [-0.05, 0) is 33.0 Å².